The third kappa shape index (κ3) is 6.00. The third-order valence-corrected chi connectivity index (χ3v) is 10.7. The highest BCUT2D eigenvalue weighted by molar-refractivity contribution is 9.10. The number of hydrogen-bond acceptors (Lipinski definition) is 7. The van der Waals surface area contributed by atoms with Gasteiger partial charge in [0.2, 0.25) is 5.91 Å². The van der Waals surface area contributed by atoms with Gasteiger partial charge in [-0.05, 0) is 75.8 Å². The van der Waals surface area contributed by atoms with E-state index in [1.165, 1.54) is 0 Å². The van der Waals surface area contributed by atoms with Crippen molar-refractivity contribution in [3.05, 3.63) is 26.9 Å². The highest BCUT2D eigenvalue weighted by Gasteiger charge is 2.56. The summed E-state index contributed by atoms with van der Waals surface area (Å²) in [5.41, 5.74) is 2.99. The Bertz CT molecular complexity index is 1630. The van der Waals surface area contributed by atoms with Gasteiger partial charge in [-0.25, -0.2) is 14.8 Å². The predicted octanol–water partition coefficient (Wildman–Crippen LogP) is 6.29. The van der Waals surface area contributed by atoms with Crippen LogP contribution in [-0.4, -0.2) is 107 Å². The molecule has 1 saturated carbocycles. The molecule has 0 N–H and O–H groups in total. The van der Waals surface area contributed by atoms with Crippen molar-refractivity contribution in [1.29, 1.82) is 0 Å². The highest BCUT2D eigenvalue weighted by atomic mass is 79.9. The van der Waals surface area contributed by atoms with E-state index in [9.17, 15) is 9.59 Å². The number of pyridine rings is 1. The molecule has 3 aliphatic heterocycles. The van der Waals surface area contributed by atoms with Gasteiger partial charge < -0.3 is 28.9 Å². The zero-order valence-electron chi connectivity index (χ0n) is 28.2. The summed E-state index contributed by atoms with van der Waals surface area (Å²) in [5.74, 6) is 2.00. The standard InChI is InChI=1S/C31H41BrClN7O3.C2H6/c1-16-11-19-25(23(32)24(16)33)35-29(38-14-18(15-38)36(5)6)26-28(19)40(21(34-26)9-10-22(41)37(7)8)27-17-12-20(27)39(13-17)30(42)43-31(2,3)4;1-2/h11,17-18,20,27H,9-10,12-15H2,1-8H3;1-2H3. The number of likely N-dealkylation sites (N-methyl/N-ethyl adjacent to an activating group) is 1. The largest absolute Gasteiger partial charge is 0.444 e. The number of carbonyl (C=O) groups is 2. The number of hydrogen-bond donors (Lipinski definition) is 0. The van der Waals surface area contributed by atoms with Crippen molar-refractivity contribution in [1.82, 2.24) is 29.2 Å². The van der Waals surface area contributed by atoms with Crippen LogP contribution < -0.4 is 4.90 Å². The summed E-state index contributed by atoms with van der Waals surface area (Å²) >= 11 is 10.5. The Hall–Kier alpha value is -2.63. The topological polar surface area (TPSA) is 87.0 Å². The van der Waals surface area contributed by atoms with E-state index in [0.29, 0.717) is 30.5 Å². The van der Waals surface area contributed by atoms with Gasteiger partial charge in [0, 0.05) is 63.9 Å². The smallest absolute Gasteiger partial charge is 0.410 e. The number of fused-ring (bicyclic) bond motifs is 4. The van der Waals surface area contributed by atoms with Crippen LogP contribution in [0.2, 0.25) is 5.02 Å². The lowest BCUT2D eigenvalue weighted by molar-refractivity contribution is -0.128. The lowest BCUT2D eigenvalue weighted by Gasteiger charge is -2.43. The first kappa shape index (κ1) is 33.7. The van der Waals surface area contributed by atoms with Crippen molar-refractivity contribution in [2.24, 2.45) is 5.92 Å². The SMILES string of the molecule is CC.Cc1cc2c(nc(N3CC(N(C)C)C3)c3nc(CCC(=O)N(C)C)n(C4C5CC4N(C(=O)OC(C)(C)C)C5)c32)c(Br)c1Cl. The molecule has 2 amide bonds. The molecule has 3 unspecified atom stereocenters. The van der Waals surface area contributed by atoms with Gasteiger partial charge in [-0.15, -0.1) is 0 Å². The number of aryl methyl sites for hydroxylation is 2. The van der Waals surface area contributed by atoms with Crippen LogP contribution in [0.4, 0.5) is 10.6 Å². The summed E-state index contributed by atoms with van der Waals surface area (Å²) in [5, 5.41) is 1.60. The molecule has 7 rings (SSSR count). The molecule has 4 aliphatic rings. The Balaban J connectivity index is 0.00000196. The van der Waals surface area contributed by atoms with Crippen molar-refractivity contribution in [3.8, 4) is 0 Å². The van der Waals surface area contributed by atoms with E-state index in [0.717, 1.165) is 63.1 Å². The number of carbonyl (C=O) groups excluding carboxylic acids is 2. The second-order valence-corrected chi connectivity index (χ2v) is 14.9. The fourth-order valence-corrected chi connectivity index (χ4v) is 7.46. The van der Waals surface area contributed by atoms with E-state index in [2.05, 4.69) is 50.5 Å². The minimum atomic E-state index is -0.569. The Morgan fingerprint density at radius 1 is 1.09 bits per heavy atom. The monoisotopic (exact) mass is 703 g/mol. The number of imidazole rings is 1. The number of anilines is 1. The molecule has 1 aromatic carbocycles. The second-order valence-electron chi connectivity index (χ2n) is 13.7. The van der Waals surface area contributed by atoms with Crippen LogP contribution in [-0.2, 0) is 16.0 Å². The van der Waals surface area contributed by atoms with Gasteiger partial charge in [-0.1, -0.05) is 25.4 Å². The van der Waals surface area contributed by atoms with Crippen molar-refractivity contribution in [2.75, 3.05) is 52.7 Å². The van der Waals surface area contributed by atoms with Gasteiger partial charge in [0.05, 0.1) is 32.6 Å². The van der Waals surface area contributed by atoms with E-state index >= 15 is 0 Å². The average Bonchev–Trinajstić information content (AvgIpc) is 3.63. The number of nitrogens with zero attached hydrogens (tertiary/aromatic N) is 7. The van der Waals surface area contributed by atoms with Crippen molar-refractivity contribution in [2.45, 2.75) is 84.5 Å². The molecule has 1 aliphatic carbocycles. The summed E-state index contributed by atoms with van der Waals surface area (Å²) in [7, 11) is 7.76. The lowest BCUT2D eigenvalue weighted by Crippen LogP contribution is -2.57. The second kappa shape index (κ2) is 12.5. The van der Waals surface area contributed by atoms with Crippen LogP contribution in [0.3, 0.4) is 0 Å². The first-order valence-corrected chi connectivity index (χ1v) is 17.1. The zero-order valence-corrected chi connectivity index (χ0v) is 30.6. The molecule has 246 valence electrons. The number of amides is 2. The van der Waals surface area contributed by atoms with Gasteiger partial charge in [0.1, 0.15) is 16.9 Å². The summed E-state index contributed by atoms with van der Waals surface area (Å²) in [4.78, 5) is 44.5. The van der Waals surface area contributed by atoms with Crippen molar-refractivity contribution < 1.29 is 14.3 Å². The van der Waals surface area contributed by atoms with Gasteiger partial charge in [0.15, 0.2) is 5.82 Å². The maximum atomic E-state index is 13.3. The van der Waals surface area contributed by atoms with Crippen LogP contribution in [0.1, 0.15) is 64.9 Å². The van der Waals surface area contributed by atoms with Crippen LogP contribution >= 0.6 is 27.5 Å². The summed E-state index contributed by atoms with van der Waals surface area (Å²) < 4.78 is 8.89. The van der Waals surface area contributed by atoms with Crippen molar-refractivity contribution >= 4 is 67.3 Å². The fraction of sp³-hybridized carbons (Fsp3) is 0.636. The molecule has 12 heteroatoms. The Labute approximate surface area is 280 Å². The molecule has 0 radical (unpaired) electrons. The molecular weight excluding hydrogens is 658 g/mol. The molecule has 3 atom stereocenters. The summed E-state index contributed by atoms with van der Waals surface area (Å²) in [6, 6.07) is 2.55. The summed E-state index contributed by atoms with van der Waals surface area (Å²) in [6.07, 6.45) is 1.48. The van der Waals surface area contributed by atoms with Crippen LogP contribution in [0, 0.1) is 12.8 Å². The average molecular weight is 705 g/mol. The minimum absolute atomic E-state index is 0.00816. The van der Waals surface area contributed by atoms with Crippen LogP contribution in [0.5, 0.6) is 0 Å². The van der Waals surface area contributed by atoms with E-state index in [1.807, 2.05) is 46.4 Å². The normalized spacial score (nSPS) is 21.1. The van der Waals surface area contributed by atoms with Gasteiger partial charge in [-0.2, -0.15) is 0 Å². The number of benzene rings is 1. The van der Waals surface area contributed by atoms with E-state index < -0.39 is 5.60 Å². The molecule has 0 spiro atoms. The Morgan fingerprint density at radius 2 is 1.76 bits per heavy atom. The Morgan fingerprint density at radius 3 is 2.36 bits per heavy atom. The number of ether oxygens (including phenoxy) is 1. The first-order valence-electron chi connectivity index (χ1n) is 16.0. The quantitative estimate of drug-likeness (QED) is 0.298. The number of halogens is 2. The van der Waals surface area contributed by atoms with E-state index in [4.69, 9.17) is 26.3 Å². The van der Waals surface area contributed by atoms with Gasteiger partial charge in [0.25, 0.3) is 0 Å². The molecule has 3 saturated heterocycles. The van der Waals surface area contributed by atoms with E-state index in [1.54, 1.807) is 19.0 Å². The maximum absolute atomic E-state index is 13.3. The number of rotatable bonds is 6. The molecule has 10 nitrogen and oxygen atoms in total. The summed E-state index contributed by atoms with van der Waals surface area (Å²) in [6.45, 7) is 14.0. The molecule has 2 bridgehead atoms. The third-order valence-electron chi connectivity index (χ3n) is 9.16. The lowest BCUT2D eigenvalue weighted by atomic mass is 9.79. The maximum Gasteiger partial charge on any atom is 0.410 e. The molecular formula is C33H47BrClN7O3. The first-order chi connectivity index (χ1) is 21.2. The number of aromatic nitrogens is 3. The molecule has 45 heavy (non-hydrogen) atoms. The van der Waals surface area contributed by atoms with Crippen molar-refractivity contribution in [3.63, 3.8) is 0 Å². The highest BCUT2D eigenvalue weighted by Crippen LogP contribution is 2.53. The molecule has 4 fully saturated rings. The van der Waals surface area contributed by atoms with Crippen LogP contribution in [0.15, 0.2) is 10.5 Å². The van der Waals surface area contributed by atoms with Gasteiger partial charge >= 0.3 is 6.09 Å². The zero-order chi connectivity index (χ0) is 33.1. The van der Waals surface area contributed by atoms with E-state index in [-0.39, 0.29) is 30.0 Å². The minimum Gasteiger partial charge on any atom is -0.444 e. The molecule has 5 heterocycles. The predicted molar refractivity (Wildman–Crippen MR) is 184 cm³/mol. The molecule has 3 aromatic rings. The van der Waals surface area contributed by atoms with Crippen LogP contribution in [0.25, 0.3) is 21.9 Å². The fourth-order valence-electron chi connectivity index (χ4n) is 6.70. The van der Waals surface area contributed by atoms with Gasteiger partial charge in [-0.3, -0.25) is 4.79 Å². The molecule has 2 aromatic heterocycles. The Kier molecular flexibility index (Phi) is 9.39.